The zero-order valence-corrected chi connectivity index (χ0v) is 15.1. The number of hydrogen-bond donors (Lipinski definition) is 1. The number of benzene rings is 2. The molecular formula is C17H18N4O4S. The Morgan fingerprint density at radius 2 is 1.85 bits per heavy atom. The summed E-state index contributed by atoms with van der Waals surface area (Å²) in [6.45, 7) is 0. The number of ether oxygens (including phenoxy) is 2. The number of nitro benzene ring substituents is 1. The van der Waals surface area contributed by atoms with E-state index in [-0.39, 0.29) is 27.9 Å². The van der Waals surface area contributed by atoms with Crippen LogP contribution in [0.3, 0.4) is 0 Å². The van der Waals surface area contributed by atoms with Gasteiger partial charge in [-0.2, -0.15) is 5.10 Å². The van der Waals surface area contributed by atoms with Crippen LogP contribution in [0, 0.1) is 10.1 Å². The molecule has 2 rings (SSSR count). The lowest BCUT2D eigenvalue weighted by Gasteiger charge is -2.08. The smallest absolute Gasteiger partial charge is 0.323 e. The normalized spacial score (nSPS) is 11.5. The molecule has 26 heavy (non-hydrogen) atoms. The van der Waals surface area contributed by atoms with Crippen molar-refractivity contribution in [2.75, 3.05) is 14.2 Å². The van der Waals surface area contributed by atoms with Crippen molar-refractivity contribution in [2.24, 2.45) is 15.9 Å². The van der Waals surface area contributed by atoms with Gasteiger partial charge in [0.2, 0.25) is 0 Å². The van der Waals surface area contributed by atoms with Crippen molar-refractivity contribution in [1.29, 1.82) is 0 Å². The van der Waals surface area contributed by atoms with Crippen molar-refractivity contribution in [3.63, 3.8) is 0 Å². The number of hydrogen-bond acceptors (Lipinski definition) is 7. The lowest BCUT2D eigenvalue weighted by molar-refractivity contribution is -0.385. The highest BCUT2D eigenvalue weighted by atomic mass is 32.2. The van der Waals surface area contributed by atoms with Gasteiger partial charge >= 0.3 is 5.69 Å². The third-order valence-electron chi connectivity index (χ3n) is 3.34. The van der Waals surface area contributed by atoms with E-state index in [1.54, 1.807) is 6.07 Å². The van der Waals surface area contributed by atoms with E-state index in [1.165, 1.54) is 38.3 Å². The second-order valence-electron chi connectivity index (χ2n) is 4.95. The Kier molecular flexibility index (Phi) is 6.98. The Balaban J connectivity index is 2.19. The van der Waals surface area contributed by atoms with Crippen LogP contribution in [0.5, 0.6) is 11.5 Å². The topological polar surface area (TPSA) is 112 Å². The van der Waals surface area contributed by atoms with E-state index < -0.39 is 4.92 Å². The highest BCUT2D eigenvalue weighted by Crippen LogP contribution is 2.35. The van der Waals surface area contributed by atoms with Gasteiger partial charge in [-0.05, 0) is 17.7 Å². The van der Waals surface area contributed by atoms with E-state index in [2.05, 4.69) is 10.2 Å². The van der Waals surface area contributed by atoms with Crippen LogP contribution in [-0.2, 0) is 5.75 Å². The summed E-state index contributed by atoms with van der Waals surface area (Å²) in [5.41, 5.74) is 6.83. The van der Waals surface area contributed by atoms with Crippen LogP contribution in [0.15, 0.2) is 52.7 Å². The van der Waals surface area contributed by atoms with Crippen LogP contribution in [0.4, 0.5) is 5.69 Å². The molecule has 0 aromatic heterocycles. The van der Waals surface area contributed by atoms with Gasteiger partial charge in [-0.15, -0.1) is 5.10 Å². The first-order valence-electron chi connectivity index (χ1n) is 7.49. The largest absolute Gasteiger partial charge is 0.496 e. The Hall–Kier alpha value is -3.07. The van der Waals surface area contributed by atoms with Gasteiger partial charge in [0.15, 0.2) is 10.9 Å². The standard InChI is InChI=1S/C17H18N4O4S/c1-24-14-8-9-15(25-2)16(21(22)23)13(14)10-19-20-17(18)26-11-12-6-4-3-5-7-12/h3-10H,11H2,1-2H3,(H2,18,20). The van der Waals surface area contributed by atoms with Gasteiger partial charge in [0.25, 0.3) is 0 Å². The maximum Gasteiger partial charge on any atom is 0.323 e. The van der Waals surface area contributed by atoms with Crippen molar-refractivity contribution in [3.8, 4) is 11.5 Å². The van der Waals surface area contributed by atoms with Crippen LogP contribution < -0.4 is 15.2 Å². The Morgan fingerprint density at radius 3 is 2.46 bits per heavy atom. The molecular weight excluding hydrogens is 356 g/mol. The molecule has 136 valence electrons. The summed E-state index contributed by atoms with van der Waals surface area (Å²) < 4.78 is 10.2. The number of methoxy groups -OCH3 is 2. The number of nitro groups is 1. The number of rotatable bonds is 7. The van der Waals surface area contributed by atoms with E-state index in [9.17, 15) is 10.1 Å². The summed E-state index contributed by atoms with van der Waals surface area (Å²) in [5, 5.41) is 19.3. The van der Waals surface area contributed by atoms with Gasteiger partial charge in [0, 0.05) is 5.75 Å². The van der Waals surface area contributed by atoms with E-state index in [4.69, 9.17) is 15.2 Å². The molecule has 0 saturated carbocycles. The predicted molar refractivity (Wildman–Crippen MR) is 103 cm³/mol. The first kappa shape index (κ1) is 19.3. The molecule has 0 aliphatic carbocycles. The summed E-state index contributed by atoms with van der Waals surface area (Å²) in [6, 6.07) is 12.8. The van der Waals surface area contributed by atoms with Crippen LogP contribution in [0.25, 0.3) is 0 Å². The molecule has 0 unspecified atom stereocenters. The van der Waals surface area contributed by atoms with E-state index in [0.29, 0.717) is 5.75 Å². The first-order valence-corrected chi connectivity index (χ1v) is 8.48. The van der Waals surface area contributed by atoms with Crippen molar-refractivity contribution in [3.05, 3.63) is 63.7 Å². The minimum Gasteiger partial charge on any atom is -0.496 e. The molecule has 2 aromatic carbocycles. The maximum atomic E-state index is 11.4. The van der Waals surface area contributed by atoms with Crippen molar-refractivity contribution < 1.29 is 14.4 Å². The molecule has 0 aliphatic rings. The molecule has 0 aliphatic heterocycles. The van der Waals surface area contributed by atoms with Gasteiger partial charge in [-0.25, -0.2) is 0 Å². The Morgan fingerprint density at radius 1 is 1.19 bits per heavy atom. The molecule has 0 radical (unpaired) electrons. The van der Waals surface area contributed by atoms with Crippen molar-refractivity contribution in [1.82, 2.24) is 0 Å². The lowest BCUT2D eigenvalue weighted by atomic mass is 10.1. The Labute approximate surface area is 154 Å². The fourth-order valence-electron chi connectivity index (χ4n) is 2.13. The lowest BCUT2D eigenvalue weighted by Crippen LogP contribution is -2.06. The molecule has 0 saturated heterocycles. The zero-order valence-electron chi connectivity index (χ0n) is 14.3. The molecule has 0 fully saturated rings. The molecule has 0 spiro atoms. The molecule has 0 atom stereocenters. The minimum atomic E-state index is -0.556. The Bertz CT molecular complexity index is 825. The van der Waals surface area contributed by atoms with E-state index in [0.717, 1.165) is 5.56 Å². The number of nitrogens with two attached hydrogens (primary N) is 1. The summed E-state index contributed by atoms with van der Waals surface area (Å²) in [7, 11) is 2.77. The fourth-order valence-corrected chi connectivity index (χ4v) is 2.74. The van der Waals surface area contributed by atoms with Crippen LogP contribution in [0.1, 0.15) is 11.1 Å². The van der Waals surface area contributed by atoms with Crippen molar-refractivity contribution >= 4 is 28.8 Å². The average molecular weight is 374 g/mol. The van der Waals surface area contributed by atoms with E-state index >= 15 is 0 Å². The molecule has 2 N–H and O–H groups in total. The maximum absolute atomic E-state index is 11.4. The summed E-state index contributed by atoms with van der Waals surface area (Å²) in [5.74, 6) is 1.04. The van der Waals surface area contributed by atoms with Gasteiger partial charge in [-0.3, -0.25) is 10.1 Å². The molecule has 9 heteroatoms. The molecule has 0 heterocycles. The second-order valence-corrected chi connectivity index (χ2v) is 5.94. The third kappa shape index (κ3) is 4.96. The molecule has 8 nitrogen and oxygen atoms in total. The van der Waals surface area contributed by atoms with Gasteiger partial charge in [0.1, 0.15) is 11.3 Å². The number of nitrogens with zero attached hydrogens (tertiary/aromatic N) is 3. The molecule has 2 aromatic rings. The number of amidine groups is 1. The first-order chi connectivity index (χ1) is 12.6. The van der Waals surface area contributed by atoms with Crippen LogP contribution in [-0.4, -0.2) is 30.5 Å². The van der Waals surface area contributed by atoms with Crippen LogP contribution >= 0.6 is 11.8 Å². The summed E-state index contributed by atoms with van der Waals surface area (Å²) in [4.78, 5) is 10.8. The monoisotopic (exact) mass is 374 g/mol. The fraction of sp³-hybridized carbons (Fsp3) is 0.176. The van der Waals surface area contributed by atoms with Crippen molar-refractivity contribution in [2.45, 2.75) is 5.75 Å². The quantitative estimate of drug-likeness (QED) is 0.345. The third-order valence-corrected chi connectivity index (χ3v) is 4.19. The van der Waals surface area contributed by atoms with Gasteiger partial charge < -0.3 is 15.2 Å². The highest BCUT2D eigenvalue weighted by molar-refractivity contribution is 8.13. The van der Waals surface area contributed by atoms with Gasteiger partial charge in [0.05, 0.1) is 25.4 Å². The van der Waals surface area contributed by atoms with E-state index in [1.807, 2.05) is 30.3 Å². The summed E-state index contributed by atoms with van der Waals surface area (Å²) in [6.07, 6.45) is 1.23. The van der Waals surface area contributed by atoms with Gasteiger partial charge in [-0.1, -0.05) is 42.1 Å². The average Bonchev–Trinajstić information content (AvgIpc) is 2.66. The minimum absolute atomic E-state index is 0.104. The highest BCUT2D eigenvalue weighted by Gasteiger charge is 2.23. The second kappa shape index (κ2) is 9.42. The molecule has 0 amide bonds. The number of thioether (sulfide) groups is 1. The predicted octanol–water partition coefficient (Wildman–Crippen LogP) is 3.19. The zero-order chi connectivity index (χ0) is 18.9. The van der Waals surface area contributed by atoms with Crippen LogP contribution in [0.2, 0.25) is 0 Å². The SMILES string of the molecule is COc1ccc(OC)c([N+](=O)[O-])c1C=NN=C(N)SCc1ccccc1. The summed E-state index contributed by atoms with van der Waals surface area (Å²) >= 11 is 1.32. The molecule has 0 bridgehead atoms.